The Bertz CT molecular complexity index is 1230. The van der Waals surface area contributed by atoms with Crippen LogP contribution >= 0.6 is 0 Å². The van der Waals surface area contributed by atoms with Crippen molar-refractivity contribution in [2.45, 2.75) is 57.4 Å². The zero-order valence-corrected chi connectivity index (χ0v) is 22.8. The van der Waals surface area contributed by atoms with E-state index in [2.05, 4.69) is 122 Å². The predicted molar refractivity (Wildman–Crippen MR) is 147 cm³/mol. The van der Waals surface area contributed by atoms with Crippen LogP contribution in [0.2, 0.25) is 5.04 Å². The smallest absolute Gasteiger partial charge is 0.261 e. The number of aryl methyl sites for hydroxylation is 2. The lowest BCUT2D eigenvalue weighted by atomic mass is 9.88. The lowest BCUT2D eigenvalue weighted by molar-refractivity contribution is 0.266. The van der Waals surface area contributed by atoms with Crippen LogP contribution in [-0.2, 0) is 16.3 Å². The summed E-state index contributed by atoms with van der Waals surface area (Å²) in [6.45, 7) is 9.61. The summed E-state index contributed by atoms with van der Waals surface area (Å²) in [6, 6.07) is 32.7. The molecule has 5 rings (SSSR count). The molecule has 186 valence electrons. The van der Waals surface area contributed by atoms with Gasteiger partial charge >= 0.3 is 0 Å². The van der Waals surface area contributed by atoms with Crippen molar-refractivity contribution in [1.82, 2.24) is 10.2 Å². The highest BCUT2D eigenvalue weighted by Gasteiger charge is 2.57. The van der Waals surface area contributed by atoms with Gasteiger partial charge in [0.05, 0.1) is 0 Å². The maximum absolute atomic E-state index is 7.31. The molecular weight excluding hydrogens is 460 g/mol. The van der Waals surface area contributed by atoms with Gasteiger partial charge in [0.25, 0.3) is 8.32 Å². The van der Waals surface area contributed by atoms with Crippen molar-refractivity contribution in [3.8, 4) is 0 Å². The zero-order valence-electron chi connectivity index (χ0n) is 21.8. The molecule has 0 amide bonds. The molecule has 4 aromatic rings. The molecule has 0 aliphatic heterocycles. The number of rotatable bonds is 9. The van der Waals surface area contributed by atoms with E-state index in [9.17, 15) is 0 Å². The number of hydrogen-bond acceptors (Lipinski definition) is 4. The molecule has 5 heteroatoms. The molecule has 1 heterocycles. The molecule has 4 nitrogen and oxygen atoms in total. The van der Waals surface area contributed by atoms with Crippen molar-refractivity contribution in [1.29, 1.82) is 0 Å². The summed E-state index contributed by atoms with van der Waals surface area (Å²) in [7, 11) is -2.56. The van der Waals surface area contributed by atoms with E-state index >= 15 is 0 Å². The van der Waals surface area contributed by atoms with E-state index in [0.29, 0.717) is 11.8 Å². The Balaban J connectivity index is 1.46. The van der Waals surface area contributed by atoms with Gasteiger partial charge in [0.15, 0.2) is 0 Å². The van der Waals surface area contributed by atoms with Crippen LogP contribution in [0.3, 0.4) is 0 Å². The van der Waals surface area contributed by atoms with E-state index in [0.717, 1.165) is 31.8 Å². The van der Waals surface area contributed by atoms with Crippen LogP contribution in [0.1, 0.15) is 51.0 Å². The molecule has 2 unspecified atom stereocenters. The van der Waals surface area contributed by atoms with Gasteiger partial charge in [-0.2, -0.15) is 0 Å². The SMILES string of the molecule is Cc1nnc(CCC2(c3ccccc3)CC2CO[Si](c2ccccc2)(c2ccccc2)C(C)(C)C)o1. The second kappa shape index (κ2) is 9.79. The van der Waals surface area contributed by atoms with Gasteiger partial charge in [-0.15, -0.1) is 10.2 Å². The van der Waals surface area contributed by atoms with Crippen molar-refractivity contribution in [2.75, 3.05) is 6.61 Å². The molecule has 3 aromatic carbocycles. The van der Waals surface area contributed by atoms with E-state index in [1.54, 1.807) is 0 Å². The van der Waals surface area contributed by atoms with Gasteiger partial charge in [-0.05, 0) is 39.7 Å². The lowest BCUT2D eigenvalue weighted by Gasteiger charge is -2.43. The molecule has 2 atom stereocenters. The predicted octanol–water partition coefficient (Wildman–Crippen LogP) is 5.85. The molecule has 0 spiro atoms. The van der Waals surface area contributed by atoms with Crippen molar-refractivity contribution in [3.63, 3.8) is 0 Å². The summed E-state index contributed by atoms with van der Waals surface area (Å²) in [5.74, 6) is 1.80. The van der Waals surface area contributed by atoms with Crippen LogP contribution < -0.4 is 10.4 Å². The summed E-state index contributed by atoms with van der Waals surface area (Å²) >= 11 is 0. The standard InChI is InChI=1S/C31H36N2O2Si/c1-24-32-33-29(35-24)20-21-31(25-14-8-5-9-15-25)22-26(31)23-34-36(30(2,3)4,27-16-10-6-11-17-27)28-18-12-7-13-19-28/h5-19,26H,20-23H2,1-4H3. The fraction of sp³-hybridized carbons (Fsp3) is 0.355. The van der Waals surface area contributed by atoms with Crippen LogP contribution in [0.4, 0.5) is 0 Å². The van der Waals surface area contributed by atoms with Gasteiger partial charge in [-0.25, -0.2) is 0 Å². The molecule has 1 saturated carbocycles. The van der Waals surface area contributed by atoms with Crippen LogP contribution in [0, 0.1) is 12.8 Å². The summed E-state index contributed by atoms with van der Waals surface area (Å²) < 4.78 is 13.0. The quantitative estimate of drug-likeness (QED) is 0.273. The molecule has 1 aromatic heterocycles. The van der Waals surface area contributed by atoms with Gasteiger partial charge in [0, 0.05) is 25.4 Å². The zero-order chi connectivity index (χ0) is 25.2. The Kier molecular flexibility index (Phi) is 6.71. The van der Waals surface area contributed by atoms with E-state index < -0.39 is 8.32 Å². The van der Waals surface area contributed by atoms with Gasteiger partial charge in [0.2, 0.25) is 11.8 Å². The Hall–Kier alpha value is -3.02. The monoisotopic (exact) mass is 496 g/mol. The van der Waals surface area contributed by atoms with Crippen LogP contribution in [0.5, 0.6) is 0 Å². The number of nitrogens with zero attached hydrogens (tertiary/aromatic N) is 2. The summed E-state index contributed by atoms with van der Waals surface area (Å²) in [4.78, 5) is 0. The fourth-order valence-corrected chi connectivity index (χ4v) is 10.5. The highest BCUT2D eigenvalue weighted by molar-refractivity contribution is 6.99. The molecule has 36 heavy (non-hydrogen) atoms. The van der Waals surface area contributed by atoms with Gasteiger partial charge in [0.1, 0.15) is 0 Å². The van der Waals surface area contributed by atoms with Crippen molar-refractivity contribution in [3.05, 3.63) is 108 Å². The summed E-state index contributed by atoms with van der Waals surface area (Å²) in [6.07, 6.45) is 2.88. The molecular formula is C31H36N2O2Si. The van der Waals surface area contributed by atoms with Crippen LogP contribution in [-0.4, -0.2) is 25.1 Å². The minimum Gasteiger partial charge on any atom is -0.426 e. The maximum atomic E-state index is 7.31. The molecule has 1 aliphatic rings. The van der Waals surface area contributed by atoms with Crippen molar-refractivity contribution in [2.24, 2.45) is 5.92 Å². The normalized spacial score (nSPS) is 19.8. The topological polar surface area (TPSA) is 48.2 Å². The van der Waals surface area contributed by atoms with E-state index in [1.165, 1.54) is 15.9 Å². The first kappa shape index (κ1) is 24.7. The third-order valence-electron chi connectivity index (χ3n) is 7.85. The molecule has 0 N–H and O–H groups in total. The molecule has 1 aliphatic carbocycles. The maximum Gasteiger partial charge on any atom is 0.261 e. The van der Waals surface area contributed by atoms with E-state index in [4.69, 9.17) is 8.84 Å². The largest absolute Gasteiger partial charge is 0.426 e. The molecule has 0 saturated heterocycles. The highest BCUT2D eigenvalue weighted by atomic mass is 28.4. The van der Waals surface area contributed by atoms with Gasteiger partial charge in [-0.1, -0.05) is 112 Å². The van der Waals surface area contributed by atoms with Crippen molar-refractivity contribution < 1.29 is 8.84 Å². The van der Waals surface area contributed by atoms with Gasteiger partial charge in [-0.3, -0.25) is 0 Å². The van der Waals surface area contributed by atoms with E-state index in [1.807, 2.05) is 6.92 Å². The average Bonchev–Trinajstić information content (AvgIpc) is 3.45. The lowest BCUT2D eigenvalue weighted by Crippen LogP contribution is -2.66. The second-order valence-electron chi connectivity index (χ2n) is 11.1. The number of hydrogen-bond donors (Lipinski definition) is 0. The Morgan fingerprint density at radius 2 is 1.42 bits per heavy atom. The van der Waals surface area contributed by atoms with Crippen LogP contribution in [0.25, 0.3) is 0 Å². The molecule has 1 fully saturated rings. The van der Waals surface area contributed by atoms with Crippen molar-refractivity contribution >= 4 is 18.7 Å². The summed E-state index contributed by atoms with van der Waals surface area (Å²) in [5, 5.41) is 10.9. The first-order chi connectivity index (χ1) is 17.3. The van der Waals surface area contributed by atoms with Gasteiger partial charge < -0.3 is 8.84 Å². The van der Waals surface area contributed by atoms with E-state index in [-0.39, 0.29) is 10.5 Å². The molecule has 0 radical (unpaired) electrons. The first-order valence-electron chi connectivity index (χ1n) is 12.9. The second-order valence-corrected chi connectivity index (χ2v) is 15.4. The fourth-order valence-electron chi connectivity index (χ4n) is 5.93. The Morgan fingerprint density at radius 1 is 0.861 bits per heavy atom. The minimum atomic E-state index is -2.56. The first-order valence-corrected chi connectivity index (χ1v) is 14.9. The third-order valence-corrected chi connectivity index (χ3v) is 12.9. The average molecular weight is 497 g/mol. The molecule has 0 bridgehead atoms. The number of aromatic nitrogens is 2. The Labute approximate surface area is 215 Å². The third kappa shape index (κ3) is 4.58. The Morgan fingerprint density at radius 3 is 1.92 bits per heavy atom. The summed E-state index contributed by atoms with van der Waals surface area (Å²) in [5.41, 5.74) is 1.46. The highest BCUT2D eigenvalue weighted by Crippen LogP contribution is 2.58. The number of benzene rings is 3. The van der Waals surface area contributed by atoms with Crippen LogP contribution in [0.15, 0.2) is 95.4 Å². The minimum absolute atomic E-state index is 0.0265.